The zero-order valence-electron chi connectivity index (χ0n) is 15.9. The molecule has 1 aliphatic rings. The van der Waals surface area contributed by atoms with Crippen molar-refractivity contribution in [3.05, 3.63) is 81.0 Å². The summed E-state index contributed by atoms with van der Waals surface area (Å²) >= 11 is 0.679. The minimum Gasteiger partial charge on any atom is -0.463 e. The fourth-order valence-corrected chi connectivity index (χ4v) is 3.78. The molecule has 0 aliphatic carbocycles. The van der Waals surface area contributed by atoms with Gasteiger partial charge in [0.1, 0.15) is 18.4 Å². The molecular formula is C22H16N2O5S. The molecule has 2 aromatic carbocycles. The Morgan fingerprint density at radius 2 is 1.83 bits per heavy atom. The van der Waals surface area contributed by atoms with Crippen LogP contribution < -0.4 is 10.7 Å². The third kappa shape index (κ3) is 3.90. The van der Waals surface area contributed by atoms with Gasteiger partial charge in [-0.1, -0.05) is 29.8 Å². The van der Waals surface area contributed by atoms with Crippen LogP contribution in [0.3, 0.4) is 0 Å². The molecule has 0 atom stereocenters. The summed E-state index contributed by atoms with van der Waals surface area (Å²) in [5.74, 6) is -1.12. The molecule has 150 valence electrons. The normalized spacial score (nSPS) is 15.2. The third-order valence-electron chi connectivity index (χ3n) is 4.50. The Hall–Kier alpha value is -3.65. The van der Waals surface area contributed by atoms with Crippen LogP contribution in [0, 0.1) is 6.92 Å². The summed E-state index contributed by atoms with van der Waals surface area (Å²) in [5.41, 5.74) is 1.90. The number of anilines is 1. The van der Waals surface area contributed by atoms with Gasteiger partial charge in [-0.2, -0.15) is 0 Å². The number of amides is 3. The molecule has 8 heteroatoms. The highest BCUT2D eigenvalue weighted by Gasteiger charge is 2.36. The standard InChI is InChI=1S/C22H16N2O5S/c1-13-6-8-15(9-7-13)23-19(25)11-24-21(27)18(30-22(24)28)10-14-12-29-17-5-3-2-4-16(17)20(14)26/h2-10,12H,11H2,1H3,(H,23,25). The molecule has 3 aromatic rings. The second-order valence-electron chi connectivity index (χ2n) is 6.70. The Morgan fingerprint density at radius 3 is 2.60 bits per heavy atom. The van der Waals surface area contributed by atoms with Crippen LogP contribution in [0.2, 0.25) is 0 Å². The number of carbonyl (C=O) groups is 3. The first kappa shape index (κ1) is 19.7. The van der Waals surface area contributed by atoms with E-state index in [2.05, 4.69) is 5.32 Å². The number of hydrogen-bond acceptors (Lipinski definition) is 6. The molecule has 1 aliphatic heterocycles. The first-order valence-corrected chi connectivity index (χ1v) is 9.86. The van der Waals surface area contributed by atoms with Gasteiger partial charge < -0.3 is 9.73 Å². The number of carbonyl (C=O) groups excluding carboxylic acids is 3. The van der Waals surface area contributed by atoms with Crippen molar-refractivity contribution >= 4 is 51.5 Å². The summed E-state index contributed by atoms with van der Waals surface area (Å²) in [6.07, 6.45) is 2.57. The highest BCUT2D eigenvalue weighted by molar-refractivity contribution is 8.18. The van der Waals surface area contributed by atoms with Crippen molar-refractivity contribution in [2.24, 2.45) is 0 Å². The maximum Gasteiger partial charge on any atom is 0.294 e. The van der Waals surface area contributed by atoms with Crippen molar-refractivity contribution < 1.29 is 18.8 Å². The van der Waals surface area contributed by atoms with E-state index in [0.29, 0.717) is 28.4 Å². The van der Waals surface area contributed by atoms with E-state index in [-0.39, 0.29) is 15.9 Å². The van der Waals surface area contributed by atoms with Crippen LogP contribution in [0.25, 0.3) is 17.0 Å². The average Bonchev–Trinajstić information content (AvgIpc) is 2.99. The molecular weight excluding hydrogens is 404 g/mol. The molecule has 30 heavy (non-hydrogen) atoms. The second-order valence-corrected chi connectivity index (χ2v) is 7.69. The van der Waals surface area contributed by atoms with E-state index in [0.717, 1.165) is 10.5 Å². The van der Waals surface area contributed by atoms with E-state index in [1.54, 1.807) is 36.4 Å². The van der Waals surface area contributed by atoms with E-state index in [1.807, 2.05) is 19.1 Å². The average molecular weight is 420 g/mol. The molecule has 4 rings (SSSR count). The highest BCUT2D eigenvalue weighted by atomic mass is 32.2. The van der Waals surface area contributed by atoms with Gasteiger partial charge in [-0.05, 0) is 49.0 Å². The van der Waals surface area contributed by atoms with Gasteiger partial charge in [0.15, 0.2) is 5.43 Å². The van der Waals surface area contributed by atoms with Crippen molar-refractivity contribution in [1.82, 2.24) is 4.90 Å². The number of nitrogens with zero attached hydrogens (tertiary/aromatic N) is 1. The molecule has 1 aromatic heterocycles. The highest BCUT2D eigenvalue weighted by Crippen LogP contribution is 2.32. The predicted octanol–water partition coefficient (Wildman–Crippen LogP) is 3.78. The number of imide groups is 1. The SMILES string of the molecule is Cc1ccc(NC(=O)CN2C(=O)SC(=Cc3coc4ccccc4c3=O)C2=O)cc1. The predicted molar refractivity (Wildman–Crippen MR) is 115 cm³/mol. The van der Waals surface area contributed by atoms with Gasteiger partial charge in [0.05, 0.1) is 15.9 Å². The van der Waals surface area contributed by atoms with Crippen molar-refractivity contribution in [2.75, 3.05) is 11.9 Å². The van der Waals surface area contributed by atoms with Gasteiger partial charge in [-0.25, -0.2) is 0 Å². The lowest BCUT2D eigenvalue weighted by Crippen LogP contribution is -2.36. The van der Waals surface area contributed by atoms with Crippen molar-refractivity contribution in [3.63, 3.8) is 0 Å². The second kappa shape index (κ2) is 8.00. The largest absolute Gasteiger partial charge is 0.463 e. The molecule has 0 bridgehead atoms. The fraction of sp³-hybridized carbons (Fsp3) is 0.0909. The lowest BCUT2D eigenvalue weighted by Gasteiger charge is -2.12. The van der Waals surface area contributed by atoms with E-state index >= 15 is 0 Å². The van der Waals surface area contributed by atoms with Gasteiger partial charge in [0.25, 0.3) is 11.1 Å². The number of benzene rings is 2. The molecule has 0 radical (unpaired) electrons. The van der Waals surface area contributed by atoms with Crippen molar-refractivity contribution in [3.8, 4) is 0 Å². The van der Waals surface area contributed by atoms with Crippen LogP contribution >= 0.6 is 11.8 Å². The summed E-state index contributed by atoms with van der Waals surface area (Å²) in [5, 5.41) is 2.46. The number of nitrogens with one attached hydrogen (secondary N) is 1. The van der Waals surface area contributed by atoms with Gasteiger partial charge >= 0.3 is 0 Å². The number of hydrogen-bond donors (Lipinski definition) is 1. The molecule has 3 amide bonds. The van der Waals surface area contributed by atoms with Crippen molar-refractivity contribution in [1.29, 1.82) is 0 Å². The van der Waals surface area contributed by atoms with Crippen LogP contribution in [0.5, 0.6) is 0 Å². The summed E-state index contributed by atoms with van der Waals surface area (Å²) in [6, 6.07) is 13.9. The van der Waals surface area contributed by atoms with Gasteiger partial charge in [0, 0.05) is 5.69 Å². The molecule has 1 N–H and O–H groups in total. The van der Waals surface area contributed by atoms with Crippen LogP contribution in [0.15, 0.2) is 68.9 Å². The van der Waals surface area contributed by atoms with E-state index in [1.165, 1.54) is 12.3 Å². The Bertz CT molecular complexity index is 1260. The molecule has 2 heterocycles. The van der Waals surface area contributed by atoms with Crippen LogP contribution in [0.4, 0.5) is 10.5 Å². The Kier molecular flexibility index (Phi) is 5.24. The summed E-state index contributed by atoms with van der Waals surface area (Å²) < 4.78 is 5.43. The first-order chi connectivity index (χ1) is 14.4. The Morgan fingerprint density at radius 1 is 1.10 bits per heavy atom. The Labute approximate surface area is 175 Å². The minimum absolute atomic E-state index is 0.0608. The van der Waals surface area contributed by atoms with Gasteiger partial charge in [-0.3, -0.25) is 24.1 Å². The van der Waals surface area contributed by atoms with Crippen LogP contribution in [0.1, 0.15) is 11.1 Å². The fourth-order valence-electron chi connectivity index (χ4n) is 2.95. The summed E-state index contributed by atoms with van der Waals surface area (Å²) in [7, 11) is 0. The first-order valence-electron chi connectivity index (χ1n) is 9.05. The number of para-hydroxylation sites is 1. The van der Waals surface area contributed by atoms with Crippen molar-refractivity contribution in [2.45, 2.75) is 6.92 Å². The van der Waals surface area contributed by atoms with Crippen LogP contribution in [-0.2, 0) is 9.59 Å². The summed E-state index contributed by atoms with van der Waals surface area (Å²) in [4.78, 5) is 50.7. The third-order valence-corrected chi connectivity index (χ3v) is 5.41. The van der Waals surface area contributed by atoms with E-state index < -0.39 is 23.6 Å². The maximum atomic E-state index is 12.6. The molecule has 0 unspecified atom stereocenters. The molecule has 7 nitrogen and oxygen atoms in total. The number of thioether (sulfide) groups is 1. The van der Waals surface area contributed by atoms with Gasteiger partial charge in [-0.15, -0.1) is 0 Å². The zero-order chi connectivity index (χ0) is 21.3. The lowest BCUT2D eigenvalue weighted by molar-refractivity contribution is -0.127. The summed E-state index contributed by atoms with van der Waals surface area (Å²) in [6.45, 7) is 1.51. The topological polar surface area (TPSA) is 96.7 Å². The van der Waals surface area contributed by atoms with E-state index in [9.17, 15) is 19.2 Å². The van der Waals surface area contributed by atoms with E-state index in [4.69, 9.17) is 4.42 Å². The van der Waals surface area contributed by atoms with Crippen LogP contribution in [-0.4, -0.2) is 28.5 Å². The molecule has 1 saturated heterocycles. The molecule has 1 fully saturated rings. The number of fused-ring (bicyclic) bond motifs is 1. The minimum atomic E-state index is -0.628. The monoisotopic (exact) mass is 420 g/mol. The lowest BCUT2D eigenvalue weighted by atomic mass is 10.1. The number of aryl methyl sites for hydroxylation is 1. The maximum absolute atomic E-state index is 12.6. The zero-order valence-corrected chi connectivity index (χ0v) is 16.7. The quantitative estimate of drug-likeness (QED) is 0.646. The Balaban J connectivity index is 1.52. The molecule has 0 saturated carbocycles. The molecule has 0 spiro atoms. The number of rotatable bonds is 4. The smallest absolute Gasteiger partial charge is 0.294 e. The van der Waals surface area contributed by atoms with Gasteiger partial charge in [0.2, 0.25) is 5.91 Å².